The molecule has 1 aromatic heterocycles. The highest BCUT2D eigenvalue weighted by Crippen LogP contribution is 2.14. The van der Waals surface area contributed by atoms with Gasteiger partial charge < -0.3 is 24.8 Å². The smallest absolute Gasteiger partial charge is 0.293 e. The van der Waals surface area contributed by atoms with E-state index in [9.17, 15) is 9.90 Å². The van der Waals surface area contributed by atoms with E-state index in [1.165, 1.54) is 0 Å². The van der Waals surface area contributed by atoms with Crippen molar-refractivity contribution < 1.29 is 5.11 Å². The molecule has 156 valence electrons. The predicted molar refractivity (Wildman–Crippen MR) is 115 cm³/mol. The summed E-state index contributed by atoms with van der Waals surface area (Å²) in [4.78, 5) is 25.6. The second kappa shape index (κ2) is 9.56. The average Bonchev–Trinajstić information content (AvgIpc) is 2.73. The Labute approximate surface area is 171 Å². The first-order chi connectivity index (χ1) is 14.0. The number of aliphatic hydroxyl groups excluding tert-OH is 1. The molecule has 1 saturated heterocycles. The minimum Gasteiger partial charge on any atom is -0.389 e. The van der Waals surface area contributed by atoms with Gasteiger partial charge in [0.1, 0.15) is 0 Å². The molecule has 0 bridgehead atoms. The number of hydrogen-bond acceptors (Lipinski definition) is 5. The van der Waals surface area contributed by atoms with E-state index in [1.807, 2.05) is 29.2 Å². The normalized spacial score (nSPS) is 16.1. The predicted octanol–water partition coefficient (Wildman–Crippen LogP) is 1.12. The zero-order chi connectivity index (χ0) is 20.8. The molecule has 0 aliphatic carbocycles. The molecule has 29 heavy (non-hydrogen) atoms. The van der Waals surface area contributed by atoms with E-state index in [-0.39, 0.29) is 5.56 Å². The number of anilines is 1. The van der Waals surface area contributed by atoms with Crippen molar-refractivity contribution in [2.45, 2.75) is 26.5 Å². The minimum absolute atomic E-state index is 0.0674. The third-order valence-corrected chi connectivity index (χ3v) is 5.09. The number of hydrogen-bond donors (Lipinski definition) is 2. The molecule has 1 unspecified atom stereocenters. The van der Waals surface area contributed by atoms with E-state index in [0.29, 0.717) is 12.4 Å². The van der Waals surface area contributed by atoms with Crippen LogP contribution in [0.3, 0.4) is 0 Å². The van der Waals surface area contributed by atoms with Crippen LogP contribution in [0, 0.1) is 0 Å². The van der Waals surface area contributed by atoms with Crippen LogP contribution < -0.4 is 15.8 Å². The summed E-state index contributed by atoms with van der Waals surface area (Å²) >= 11 is 0. The summed E-state index contributed by atoms with van der Waals surface area (Å²) in [5.41, 5.74) is 1.93. The fourth-order valence-corrected chi connectivity index (χ4v) is 3.33. The first-order valence-corrected chi connectivity index (χ1v) is 10.1. The summed E-state index contributed by atoms with van der Waals surface area (Å²) in [6, 6.07) is 7.89. The third-order valence-electron chi connectivity index (χ3n) is 5.09. The van der Waals surface area contributed by atoms with Gasteiger partial charge in [0.15, 0.2) is 11.8 Å². The third kappa shape index (κ3) is 5.14. The van der Waals surface area contributed by atoms with Crippen molar-refractivity contribution in [1.82, 2.24) is 19.8 Å². The number of nitrogens with zero attached hydrogens (tertiary/aromatic N) is 5. The molecule has 2 aromatic rings. The van der Waals surface area contributed by atoms with Crippen molar-refractivity contribution in [2.24, 2.45) is 12.0 Å². The molecule has 1 aromatic carbocycles. The van der Waals surface area contributed by atoms with Gasteiger partial charge in [-0.1, -0.05) is 24.3 Å². The molecule has 8 heteroatoms. The first kappa shape index (κ1) is 20.9. The second-order valence-corrected chi connectivity index (χ2v) is 7.23. The molecular formula is C21H30N6O2. The van der Waals surface area contributed by atoms with Crippen LogP contribution in [0.2, 0.25) is 0 Å². The van der Waals surface area contributed by atoms with E-state index in [2.05, 4.69) is 22.1 Å². The highest BCUT2D eigenvalue weighted by molar-refractivity contribution is 5.80. The number of aromatic nitrogens is 2. The summed E-state index contributed by atoms with van der Waals surface area (Å²) in [5.74, 6) is 1.38. The van der Waals surface area contributed by atoms with Gasteiger partial charge >= 0.3 is 0 Å². The summed E-state index contributed by atoms with van der Waals surface area (Å²) in [7, 11) is 1.74. The molecule has 0 saturated carbocycles. The topological polar surface area (TPSA) is 86.0 Å². The van der Waals surface area contributed by atoms with Crippen molar-refractivity contribution in [3.05, 3.63) is 58.1 Å². The van der Waals surface area contributed by atoms with Gasteiger partial charge in [0.05, 0.1) is 12.6 Å². The monoisotopic (exact) mass is 398 g/mol. The molecule has 1 aliphatic rings. The Morgan fingerprint density at radius 3 is 2.55 bits per heavy atom. The zero-order valence-corrected chi connectivity index (χ0v) is 17.4. The van der Waals surface area contributed by atoms with E-state index in [4.69, 9.17) is 4.99 Å². The summed E-state index contributed by atoms with van der Waals surface area (Å²) < 4.78 is 1.56. The molecule has 1 fully saturated rings. The molecule has 2 N–H and O–H groups in total. The van der Waals surface area contributed by atoms with Crippen LogP contribution in [0.1, 0.15) is 31.1 Å². The van der Waals surface area contributed by atoms with Gasteiger partial charge in [-0.15, -0.1) is 0 Å². The summed E-state index contributed by atoms with van der Waals surface area (Å²) in [6.45, 7) is 8.17. The Kier molecular flexibility index (Phi) is 6.87. The van der Waals surface area contributed by atoms with Crippen LogP contribution in [0.5, 0.6) is 0 Å². The quantitative estimate of drug-likeness (QED) is 0.580. The lowest BCUT2D eigenvalue weighted by molar-refractivity contribution is 0.199. The Morgan fingerprint density at radius 1 is 1.24 bits per heavy atom. The number of aliphatic imine (C=N–C) groups is 1. The number of guanidine groups is 1. The second-order valence-electron chi connectivity index (χ2n) is 7.23. The van der Waals surface area contributed by atoms with Crippen LogP contribution in [0.25, 0.3) is 0 Å². The SMILES string of the molecule is CCNC(=NCc1ccc(C(C)O)cc1)N1CCN(c2nccn(C)c2=O)CC1. The maximum atomic E-state index is 12.3. The Balaban J connectivity index is 1.65. The van der Waals surface area contributed by atoms with Gasteiger partial charge in [-0.25, -0.2) is 9.98 Å². The summed E-state index contributed by atoms with van der Waals surface area (Å²) in [6.07, 6.45) is 2.88. The van der Waals surface area contributed by atoms with Gasteiger partial charge in [-0.2, -0.15) is 0 Å². The average molecular weight is 399 g/mol. The van der Waals surface area contributed by atoms with Crippen molar-refractivity contribution in [3.63, 3.8) is 0 Å². The lowest BCUT2D eigenvalue weighted by atomic mass is 10.1. The van der Waals surface area contributed by atoms with Crippen LogP contribution in [-0.2, 0) is 13.6 Å². The number of aryl methyl sites for hydroxylation is 1. The van der Waals surface area contributed by atoms with E-state index in [1.54, 1.807) is 30.9 Å². The van der Waals surface area contributed by atoms with E-state index >= 15 is 0 Å². The molecular weight excluding hydrogens is 368 g/mol. The van der Waals surface area contributed by atoms with Gasteiger partial charge in [-0.3, -0.25) is 4.79 Å². The number of nitrogens with one attached hydrogen (secondary N) is 1. The molecule has 2 heterocycles. The molecule has 0 amide bonds. The molecule has 8 nitrogen and oxygen atoms in total. The maximum absolute atomic E-state index is 12.3. The molecule has 0 radical (unpaired) electrons. The Bertz CT molecular complexity index is 883. The number of piperazine rings is 1. The van der Waals surface area contributed by atoms with Crippen molar-refractivity contribution in [3.8, 4) is 0 Å². The fraction of sp³-hybridized carbons (Fsp3) is 0.476. The highest BCUT2D eigenvalue weighted by atomic mass is 16.3. The first-order valence-electron chi connectivity index (χ1n) is 10.1. The van der Waals surface area contributed by atoms with Gasteiger partial charge in [0.25, 0.3) is 5.56 Å². The van der Waals surface area contributed by atoms with Crippen molar-refractivity contribution in [2.75, 3.05) is 37.6 Å². The van der Waals surface area contributed by atoms with Crippen LogP contribution >= 0.6 is 0 Å². The molecule has 1 aliphatic heterocycles. The Morgan fingerprint density at radius 2 is 1.93 bits per heavy atom. The van der Waals surface area contributed by atoms with Gasteiger partial charge in [0, 0.05) is 52.2 Å². The lowest BCUT2D eigenvalue weighted by Crippen LogP contribution is -2.53. The largest absolute Gasteiger partial charge is 0.389 e. The number of aliphatic hydroxyl groups is 1. The van der Waals surface area contributed by atoms with Crippen molar-refractivity contribution >= 4 is 11.8 Å². The molecule has 0 spiro atoms. The standard InChI is InChI=1S/C21H30N6O2/c1-4-22-21(24-15-17-5-7-18(8-6-17)16(2)28)27-13-11-26(12-14-27)19-20(29)25(3)10-9-23-19/h5-10,16,28H,4,11-15H2,1-3H3,(H,22,24). The zero-order valence-electron chi connectivity index (χ0n) is 17.4. The van der Waals surface area contributed by atoms with Crippen LogP contribution in [0.15, 0.2) is 46.4 Å². The molecule has 1 atom stereocenters. The highest BCUT2D eigenvalue weighted by Gasteiger charge is 2.22. The van der Waals surface area contributed by atoms with Gasteiger partial charge in [0.2, 0.25) is 0 Å². The number of rotatable bonds is 5. The molecule has 3 rings (SSSR count). The van der Waals surface area contributed by atoms with E-state index in [0.717, 1.165) is 49.8 Å². The fourth-order valence-electron chi connectivity index (χ4n) is 3.33. The van der Waals surface area contributed by atoms with Crippen molar-refractivity contribution in [1.29, 1.82) is 0 Å². The van der Waals surface area contributed by atoms with Crippen LogP contribution in [-0.4, -0.2) is 58.2 Å². The Hall–Kier alpha value is -2.87. The van der Waals surface area contributed by atoms with E-state index < -0.39 is 6.10 Å². The minimum atomic E-state index is -0.461. The van der Waals surface area contributed by atoms with Crippen LogP contribution in [0.4, 0.5) is 5.82 Å². The maximum Gasteiger partial charge on any atom is 0.293 e. The number of benzene rings is 1. The van der Waals surface area contributed by atoms with Gasteiger partial charge in [-0.05, 0) is 25.0 Å². The lowest BCUT2D eigenvalue weighted by Gasteiger charge is -2.36. The summed E-state index contributed by atoms with van der Waals surface area (Å²) in [5, 5.41) is 13.0.